The molecular weight excluding hydrogens is 234 g/mol. The molecule has 0 aliphatic carbocycles. The van der Waals surface area contributed by atoms with Crippen molar-refractivity contribution in [2.24, 2.45) is 5.92 Å². The average molecular weight is 257 g/mol. The largest absolute Gasteiger partial charge is 0.464 e. The number of aliphatic hydroxyl groups is 1. The molecule has 0 aromatic rings. The Labute approximate surface area is 108 Å². The zero-order chi connectivity index (χ0) is 13.5. The van der Waals surface area contributed by atoms with Crippen LogP contribution in [0.2, 0.25) is 0 Å². The summed E-state index contributed by atoms with van der Waals surface area (Å²) in [7, 11) is 0. The van der Waals surface area contributed by atoms with Crippen LogP contribution in [0.5, 0.6) is 0 Å². The first-order chi connectivity index (χ1) is 8.49. The molecule has 1 heterocycles. The van der Waals surface area contributed by atoms with Gasteiger partial charge in [-0.3, -0.25) is 4.79 Å². The van der Waals surface area contributed by atoms with E-state index in [1.807, 2.05) is 0 Å². The highest BCUT2D eigenvalue weighted by atomic mass is 16.5. The van der Waals surface area contributed by atoms with Crippen LogP contribution in [-0.4, -0.2) is 35.7 Å². The van der Waals surface area contributed by atoms with Crippen molar-refractivity contribution in [1.82, 2.24) is 5.32 Å². The molecule has 0 saturated carbocycles. The lowest BCUT2D eigenvalue weighted by Crippen LogP contribution is -2.39. The van der Waals surface area contributed by atoms with Gasteiger partial charge < -0.3 is 15.2 Å². The van der Waals surface area contributed by atoms with Gasteiger partial charge in [-0.05, 0) is 12.3 Å². The van der Waals surface area contributed by atoms with Crippen molar-refractivity contribution in [1.29, 1.82) is 0 Å². The van der Waals surface area contributed by atoms with Crippen molar-refractivity contribution in [3.63, 3.8) is 0 Å². The van der Waals surface area contributed by atoms with Crippen LogP contribution in [0.3, 0.4) is 0 Å². The van der Waals surface area contributed by atoms with Gasteiger partial charge in [-0.25, -0.2) is 4.79 Å². The van der Waals surface area contributed by atoms with E-state index in [-0.39, 0.29) is 18.3 Å². The van der Waals surface area contributed by atoms with Gasteiger partial charge in [-0.1, -0.05) is 26.7 Å². The molecule has 1 aliphatic rings. The summed E-state index contributed by atoms with van der Waals surface area (Å²) in [6.07, 6.45) is 2.54. The highest BCUT2D eigenvalue weighted by Crippen LogP contribution is 2.11. The van der Waals surface area contributed by atoms with Crippen LogP contribution in [0, 0.1) is 5.92 Å². The number of hydrogen-bond donors (Lipinski definition) is 2. The molecule has 1 aliphatic heterocycles. The normalized spacial score (nSPS) is 20.9. The van der Waals surface area contributed by atoms with Crippen LogP contribution < -0.4 is 5.32 Å². The molecule has 2 N–H and O–H groups in total. The van der Waals surface area contributed by atoms with Crippen molar-refractivity contribution in [3.05, 3.63) is 0 Å². The van der Waals surface area contributed by atoms with Gasteiger partial charge in [-0.2, -0.15) is 0 Å². The monoisotopic (exact) mass is 257 g/mol. The number of amides is 1. The predicted octanol–water partition coefficient (Wildman–Crippen LogP) is 0.995. The molecule has 2 unspecified atom stereocenters. The summed E-state index contributed by atoms with van der Waals surface area (Å²) < 4.78 is 4.75. The van der Waals surface area contributed by atoms with Crippen molar-refractivity contribution >= 4 is 11.9 Å². The van der Waals surface area contributed by atoms with Gasteiger partial charge in [0.25, 0.3) is 0 Å². The van der Waals surface area contributed by atoms with Gasteiger partial charge in [0.2, 0.25) is 5.91 Å². The molecule has 1 rings (SSSR count). The third kappa shape index (κ3) is 5.49. The SMILES string of the molecule is CC(C)CCCC(O)CC(=O)NC1CCOC1=O. The Balaban J connectivity index is 2.16. The maximum absolute atomic E-state index is 11.6. The summed E-state index contributed by atoms with van der Waals surface area (Å²) in [5.41, 5.74) is 0. The third-order valence-corrected chi connectivity index (χ3v) is 3.01. The van der Waals surface area contributed by atoms with E-state index in [0.29, 0.717) is 25.4 Å². The van der Waals surface area contributed by atoms with Gasteiger partial charge in [0.1, 0.15) is 6.04 Å². The maximum atomic E-state index is 11.6. The maximum Gasteiger partial charge on any atom is 0.328 e. The highest BCUT2D eigenvalue weighted by Gasteiger charge is 2.28. The van der Waals surface area contributed by atoms with Crippen LogP contribution in [0.15, 0.2) is 0 Å². The second-order valence-electron chi connectivity index (χ2n) is 5.26. The van der Waals surface area contributed by atoms with Crippen LogP contribution in [0.25, 0.3) is 0 Å². The summed E-state index contributed by atoms with van der Waals surface area (Å²) in [5.74, 6) is -0.0483. The lowest BCUT2D eigenvalue weighted by Gasteiger charge is -2.13. The summed E-state index contributed by atoms with van der Waals surface area (Å²) in [6, 6.07) is -0.527. The second kappa shape index (κ2) is 7.36. The Morgan fingerprint density at radius 1 is 1.50 bits per heavy atom. The van der Waals surface area contributed by atoms with Crippen molar-refractivity contribution < 1.29 is 19.4 Å². The second-order valence-corrected chi connectivity index (χ2v) is 5.26. The molecule has 104 valence electrons. The first-order valence-corrected chi connectivity index (χ1v) is 6.63. The van der Waals surface area contributed by atoms with Gasteiger partial charge in [0.05, 0.1) is 19.1 Å². The molecule has 5 heteroatoms. The molecule has 5 nitrogen and oxygen atoms in total. The zero-order valence-electron chi connectivity index (χ0n) is 11.1. The predicted molar refractivity (Wildman–Crippen MR) is 66.8 cm³/mol. The lowest BCUT2D eigenvalue weighted by molar-refractivity contribution is -0.141. The van der Waals surface area contributed by atoms with Gasteiger partial charge in [-0.15, -0.1) is 0 Å². The molecule has 1 fully saturated rings. The smallest absolute Gasteiger partial charge is 0.328 e. The summed E-state index contributed by atoms with van der Waals surface area (Å²) >= 11 is 0. The summed E-state index contributed by atoms with van der Waals surface area (Å²) in [6.45, 7) is 4.62. The zero-order valence-corrected chi connectivity index (χ0v) is 11.1. The number of carbonyl (C=O) groups excluding carboxylic acids is 2. The molecule has 0 bridgehead atoms. The Hall–Kier alpha value is -1.10. The van der Waals surface area contributed by atoms with E-state index in [1.54, 1.807) is 0 Å². The van der Waals surface area contributed by atoms with Crippen molar-refractivity contribution in [2.45, 2.75) is 58.1 Å². The first kappa shape index (κ1) is 15.0. The fourth-order valence-corrected chi connectivity index (χ4v) is 1.96. The van der Waals surface area contributed by atoms with Crippen molar-refractivity contribution in [3.8, 4) is 0 Å². The minimum atomic E-state index is -0.624. The Bertz CT molecular complexity index is 291. The van der Waals surface area contributed by atoms with Gasteiger partial charge in [0.15, 0.2) is 0 Å². The van der Waals surface area contributed by atoms with E-state index in [9.17, 15) is 14.7 Å². The van der Waals surface area contributed by atoms with Gasteiger partial charge >= 0.3 is 5.97 Å². The first-order valence-electron chi connectivity index (χ1n) is 6.63. The molecule has 0 radical (unpaired) electrons. The number of nitrogens with one attached hydrogen (secondary N) is 1. The minimum absolute atomic E-state index is 0.0574. The highest BCUT2D eigenvalue weighted by molar-refractivity contribution is 5.85. The van der Waals surface area contributed by atoms with E-state index in [1.165, 1.54) is 0 Å². The van der Waals surface area contributed by atoms with Crippen LogP contribution in [0.4, 0.5) is 0 Å². The molecule has 18 heavy (non-hydrogen) atoms. The number of carbonyl (C=O) groups is 2. The van der Waals surface area contributed by atoms with Crippen LogP contribution in [-0.2, 0) is 14.3 Å². The third-order valence-electron chi connectivity index (χ3n) is 3.01. The Morgan fingerprint density at radius 2 is 2.22 bits per heavy atom. The quantitative estimate of drug-likeness (QED) is 0.667. The topological polar surface area (TPSA) is 75.6 Å². The number of rotatable bonds is 7. The number of ether oxygens (including phenoxy) is 1. The molecule has 1 saturated heterocycles. The van der Waals surface area contributed by atoms with Crippen LogP contribution in [0.1, 0.15) is 46.0 Å². The number of cyclic esters (lactones) is 1. The summed E-state index contributed by atoms with van der Waals surface area (Å²) in [5, 5.41) is 12.3. The van der Waals surface area contributed by atoms with E-state index in [4.69, 9.17) is 4.74 Å². The summed E-state index contributed by atoms with van der Waals surface area (Å²) in [4.78, 5) is 22.7. The van der Waals surface area contributed by atoms with Crippen LogP contribution >= 0.6 is 0 Å². The fourth-order valence-electron chi connectivity index (χ4n) is 1.96. The van der Waals surface area contributed by atoms with E-state index < -0.39 is 12.1 Å². The molecule has 1 amide bonds. The number of esters is 1. The number of hydrogen-bond acceptors (Lipinski definition) is 4. The lowest BCUT2D eigenvalue weighted by atomic mass is 10.0. The number of aliphatic hydroxyl groups excluding tert-OH is 1. The molecule has 2 atom stereocenters. The standard InChI is InChI=1S/C13H23NO4/c1-9(2)4-3-5-10(15)8-12(16)14-11-6-7-18-13(11)17/h9-11,15H,3-8H2,1-2H3,(H,14,16). The van der Waals surface area contributed by atoms with Crippen molar-refractivity contribution in [2.75, 3.05) is 6.61 Å². The Morgan fingerprint density at radius 3 is 2.78 bits per heavy atom. The van der Waals surface area contributed by atoms with E-state index in [0.717, 1.165) is 12.8 Å². The minimum Gasteiger partial charge on any atom is -0.464 e. The van der Waals surface area contributed by atoms with E-state index >= 15 is 0 Å². The Kier molecular flexibility index (Phi) is 6.12. The molecule has 0 aromatic heterocycles. The average Bonchev–Trinajstić information content (AvgIpc) is 2.63. The molecular formula is C13H23NO4. The molecule has 0 aromatic carbocycles. The van der Waals surface area contributed by atoms with E-state index in [2.05, 4.69) is 19.2 Å². The fraction of sp³-hybridized carbons (Fsp3) is 0.846. The molecule has 0 spiro atoms. The van der Waals surface area contributed by atoms with Gasteiger partial charge in [0, 0.05) is 6.42 Å².